The number of aromatic amines is 1. The summed E-state index contributed by atoms with van der Waals surface area (Å²) in [6.45, 7) is 0. The van der Waals surface area contributed by atoms with Crippen LogP contribution in [0.15, 0.2) is 72.9 Å². The van der Waals surface area contributed by atoms with Gasteiger partial charge in [-0.3, -0.25) is 0 Å². The molecule has 3 aromatic carbocycles. The van der Waals surface area contributed by atoms with Crippen LogP contribution < -0.4 is 0 Å². The van der Waals surface area contributed by atoms with Crippen molar-refractivity contribution in [3.63, 3.8) is 0 Å². The van der Waals surface area contributed by atoms with Crippen LogP contribution >= 0.6 is 0 Å². The van der Waals surface area contributed by atoms with E-state index < -0.39 is 6.10 Å². The van der Waals surface area contributed by atoms with Gasteiger partial charge < -0.3 is 10.1 Å². The molecule has 1 aromatic heterocycles. The number of aliphatic hydroxyl groups excluding tert-OH is 1. The van der Waals surface area contributed by atoms with Gasteiger partial charge in [0.05, 0.1) is 0 Å². The van der Waals surface area contributed by atoms with Crippen LogP contribution in [-0.2, 0) is 0 Å². The van der Waals surface area contributed by atoms with E-state index in [1.54, 1.807) is 0 Å². The lowest BCUT2D eigenvalue weighted by Gasteiger charge is -2.14. The van der Waals surface area contributed by atoms with Crippen molar-refractivity contribution in [1.29, 1.82) is 0 Å². The fourth-order valence-electron chi connectivity index (χ4n) is 2.91. The number of benzene rings is 3. The summed E-state index contributed by atoms with van der Waals surface area (Å²) in [6, 6.07) is 22.3. The monoisotopic (exact) mass is 273 g/mol. The number of aromatic nitrogens is 1. The second-order valence-corrected chi connectivity index (χ2v) is 5.30. The summed E-state index contributed by atoms with van der Waals surface area (Å²) in [5.74, 6) is 0. The van der Waals surface area contributed by atoms with Crippen molar-refractivity contribution in [1.82, 2.24) is 4.98 Å². The third-order valence-corrected chi connectivity index (χ3v) is 4.01. The molecule has 1 atom stereocenters. The summed E-state index contributed by atoms with van der Waals surface area (Å²) < 4.78 is 0. The molecule has 0 aliphatic heterocycles. The highest BCUT2D eigenvalue weighted by Gasteiger charge is 2.13. The van der Waals surface area contributed by atoms with Gasteiger partial charge in [-0.15, -0.1) is 0 Å². The number of aliphatic hydroxyl groups is 1. The molecule has 0 bridgehead atoms. The average Bonchev–Trinajstić information content (AvgIpc) is 3.01. The third kappa shape index (κ3) is 2.01. The fraction of sp³-hybridized carbons (Fsp3) is 0.0526. The predicted molar refractivity (Wildman–Crippen MR) is 86.3 cm³/mol. The molecule has 0 spiro atoms. The second kappa shape index (κ2) is 4.76. The van der Waals surface area contributed by atoms with E-state index in [1.165, 1.54) is 0 Å². The van der Waals surface area contributed by atoms with Gasteiger partial charge >= 0.3 is 0 Å². The van der Waals surface area contributed by atoms with E-state index in [9.17, 15) is 5.11 Å². The average molecular weight is 273 g/mol. The van der Waals surface area contributed by atoms with Crippen molar-refractivity contribution in [3.8, 4) is 0 Å². The summed E-state index contributed by atoms with van der Waals surface area (Å²) in [6.07, 6.45) is 1.30. The maximum absolute atomic E-state index is 10.8. The highest BCUT2D eigenvalue weighted by molar-refractivity contribution is 5.87. The van der Waals surface area contributed by atoms with Gasteiger partial charge in [0.25, 0.3) is 0 Å². The van der Waals surface area contributed by atoms with Gasteiger partial charge in [0, 0.05) is 11.7 Å². The molecule has 4 aromatic rings. The summed E-state index contributed by atoms with van der Waals surface area (Å²) >= 11 is 0. The maximum atomic E-state index is 10.8. The molecule has 2 N–H and O–H groups in total. The molecule has 21 heavy (non-hydrogen) atoms. The molecular formula is C19H15NO. The van der Waals surface area contributed by atoms with Gasteiger partial charge in [-0.25, -0.2) is 0 Å². The molecule has 0 amide bonds. The first-order chi connectivity index (χ1) is 10.3. The molecule has 0 saturated heterocycles. The van der Waals surface area contributed by atoms with Gasteiger partial charge in [-0.05, 0) is 45.5 Å². The minimum absolute atomic E-state index is 0.615. The summed E-state index contributed by atoms with van der Waals surface area (Å²) in [4.78, 5) is 3.17. The predicted octanol–water partition coefficient (Wildman–Crippen LogP) is 4.40. The smallest absolute Gasteiger partial charge is 0.105 e. The molecule has 4 rings (SSSR count). The van der Waals surface area contributed by atoms with E-state index in [2.05, 4.69) is 23.2 Å². The fourth-order valence-corrected chi connectivity index (χ4v) is 2.91. The molecule has 0 fully saturated rings. The van der Waals surface area contributed by atoms with Crippen molar-refractivity contribution in [3.05, 3.63) is 84.1 Å². The van der Waals surface area contributed by atoms with Gasteiger partial charge in [-0.2, -0.15) is 0 Å². The first kappa shape index (κ1) is 12.2. The van der Waals surface area contributed by atoms with E-state index in [4.69, 9.17) is 0 Å². The zero-order valence-electron chi connectivity index (χ0n) is 11.5. The quantitative estimate of drug-likeness (QED) is 0.558. The van der Waals surface area contributed by atoms with Crippen molar-refractivity contribution >= 4 is 21.7 Å². The van der Waals surface area contributed by atoms with Gasteiger partial charge in [0.15, 0.2) is 0 Å². The highest BCUT2D eigenvalue weighted by atomic mass is 16.3. The van der Waals surface area contributed by atoms with Crippen molar-refractivity contribution in [2.45, 2.75) is 6.10 Å². The normalized spacial score (nSPS) is 12.8. The van der Waals surface area contributed by atoms with E-state index in [0.717, 1.165) is 32.8 Å². The summed E-state index contributed by atoms with van der Waals surface area (Å²) in [5.41, 5.74) is 2.95. The largest absolute Gasteiger partial charge is 0.384 e. The third-order valence-electron chi connectivity index (χ3n) is 4.01. The molecule has 0 aliphatic rings. The van der Waals surface area contributed by atoms with Crippen LogP contribution in [0.3, 0.4) is 0 Å². The van der Waals surface area contributed by atoms with E-state index in [1.807, 2.05) is 54.7 Å². The molecule has 0 aliphatic carbocycles. The lowest BCUT2D eigenvalue weighted by molar-refractivity contribution is 0.222. The minimum atomic E-state index is -0.615. The number of hydrogen-bond acceptors (Lipinski definition) is 1. The Morgan fingerprint density at radius 1 is 0.810 bits per heavy atom. The molecule has 2 nitrogen and oxygen atoms in total. The molecule has 102 valence electrons. The highest BCUT2D eigenvalue weighted by Crippen LogP contribution is 2.30. The Morgan fingerprint density at radius 2 is 1.67 bits per heavy atom. The topological polar surface area (TPSA) is 36.0 Å². The maximum Gasteiger partial charge on any atom is 0.105 e. The zero-order chi connectivity index (χ0) is 14.2. The molecule has 0 radical (unpaired) electrons. The van der Waals surface area contributed by atoms with Crippen LogP contribution in [0.1, 0.15) is 17.2 Å². The van der Waals surface area contributed by atoms with Crippen LogP contribution in [0.25, 0.3) is 21.7 Å². The Bertz CT molecular complexity index is 918. The SMILES string of the molecule is OC(c1ccc2[nH]ccc2c1)c1cccc2ccccc12. The van der Waals surface area contributed by atoms with E-state index in [-0.39, 0.29) is 0 Å². The van der Waals surface area contributed by atoms with Crippen molar-refractivity contribution < 1.29 is 5.11 Å². The Morgan fingerprint density at radius 3 is 2.62 bits per heavy atom. The van der Waals surface area contributed by atoms with Gasteiger partial charge in [0.2, 0.25) is 0 Å². The number of hydrogen-bond donors (Lipinski definition) is 2. The first-order valence-electron chi connectivity index (χ1n) is 7.06. The number of H-pyrrole nitrogens is 1. The lowest BCUT2D eigenvalue weighted by Crippen LogP contribution is -2.00. The van der Waals surface area contributed by atoms with Gasteiger partial charge in [-0.1, -0.05) is 48.5 Å². The van der Waals surface area contributed by atoms with Crippen molar-refractivity contribution in [2.75, 3.05) is 0 Å². The molecular weight excluding hydrogens is 258 g/mol. The lowest BCUT2D eigenvalue weighted by atomic mass is 9.95. The standard InChI is InChI=1S/C19H15NO/c21-19(15-8-9-18-14(12-15)10-11-20-18)17-7-3-5-13-4-1-2-6-16(13)17/h1-12,19-21H. The first-order valence-corrected chi connectivity index (χ1v) is 7.06. The Kier molecular flexibility index (Phi) is 2.76. The molecule has 1 heterocycles. The molecule has 2 heteroatoms. The second-order valence-electron chi connectivity index (χ2n) is 5.30. The minimum Gasteiger partial charge on any atom is -0.384 e. The Labute approximate surface area is 122 Å². The van der Waals surface area contributed by atoms with Crippen LogP contribution in [0.5, 0.6) is 0 Å². The van der Waals surface area contributed by atoms with Crippen LogP contribution in [0, 0.1) is 0 Å². The molecule has 0 saturated carbocycles. The zero-order valence-corrected chi connectivity index (χ0v) is 11.5. The van der Waals surface area contributed by atoms with Crippen LogP contribution in [-0.4, -0.2) is 10.1 Å². The van der Waals surface area contributed by atoms with Crippen molar-refractivity contribution in [2.24, 2.45) is 0 Å². The van der Waals surface area contributed by atoms with Crippen LogP contribution in [0.4, 0.5) is 0 Å². The number of fused-ring (bicyclic) bond motifs is 2. The summed E-state index contributed by atoms with van der Waals surface area (Å²) in [5, 5.41) is 14.1. The number of nitrogens with one attached hydrogen (secondary N) is 1. The van der Waals surface area contributed by atoms with Crippen LogP contribution in [0.2, 0.25) is 0 Å². The van der Waals surface area contributed by atoms with Gasteiger partial charge in [0.1, 0.15) is 6.10 Å². The Hall–Kier alpha value is -2.58. The summed E-state index contributed by atoms with van der Waals surface area (Å²) in [7, 11) is 0. The Balaban J connectivity index is 1.87. The van der Waals surface area contributed by atoms with E-state index >= 15 is 0 Å². The molecule has 1 unspecified atom stereocenters. The number of rotatable bonds is 2. The van der Waals surface area contributed by atoms with E-state index in [0.29, 0.717) is 0 Å².